The summed E-state index contributed by atoms with van der Waals surface area (Å²) in [4.78, 5) is 32.6. The van der Waals surface area contributed by atoms with Crippen LogP contribution in [0.1, 0.15) is 34.7 Å². The number of fused-ring (bicyclic) bond motifs is 1. The molecule has 0 saturated heterocycles. The zero-order valence-corrected chi connectivity index (χ0v) is 17.0. The number of alkyl carbamates (subject to hydrolysis) is 1. The van der Waals surface area contributed by atoms with Crippen molar-refractivity contribution in [3.05, 3.63) is 89.8 Å². The smallest absolute Gasteiger partial charge is 0.407 e. The molecule has 0 aliphatic rings. The molecular weight excluding hydrogens is 415 g/mol. The second-order valence-corrected chi connectivity index (χ2v) is 7.08. The van der Waals surface area contributed by atoms with E-state index in [-0.39, 0.29) is 12.3 Å². The molecule has 0 bridgehead atoms. The molecule has 3 heterocycles. The van der Waals surface area contributed by atoms with E-state index in [1.165, 1.54) is 22.7 Å². The molecule has 32 heavy (non-hydrogen) atoms. The molecule has 0 saturated carbocycles. The number of pyridine rings is 2. The third-order valence-electron chi connectivity index (χ3n) is 4.83. The van der Waals surface area contributed by atoms with Gasteiger partial charge in [-0.05, 0) is 30.7 Å². The Balaban J connectivity index is 1.70. The Morgan fingerprint density at radius 3 is 2.66 bits per heavy atom. The number of nitrogens with zero attached hydrogens (tertiary/aromatic N) is 3. The summed E-state index contributed by atoms with van der Waals surface area (Å²) in [7, 11) is 0. The first-order valence-corrected chi connectivity index (χ1v) is 9.77. The van der Waals surface area contributed by atoms with Gasteiger partial charge in [0, 0.05) is 11.8 Å². The normalized spacial score (nSPS) is 11.8. The maximum atomic E-state index is 13.9. The number of aromatic nitrogens is 3. The number of rotatable bonds is 6. The van der Waals surface area contributed by atoms with Gasteiger partial charge < -0.3 is 15.2 Å². The Morgan fingerprint density at radius 1 is 1.16 bits per heavy atom. The summed E-state index contributed by atoms with van der Waals surface area (Å²) in [6, 6.07) is 14.4. The number of hydrogen-bond donors (Lipinski definition) is 2. The fraction of sp³-hybridized carbons (Fsp3) is 0.130. The van der Waals surface area contributed by atoms with Crippen LogP contribution in [0.25, 0.3) is 16.9 Å². The van der Waals surface area contributed by atoms with Crippen molar-refractivity contribution in [1.29, 1.82) is 0 Å². The largest absolute Gasteiger partial charge is 0.477 e. The molecule has 2 N–H and O–H groups in total. The zero-order chi connectivity index (χ0) is 22.7. The van der Waals surface area contributed by atoms with Crippen LogP contribution >= 0.6 is 0 Å². The number of carbonyl (C=O) groups is 2. The fourth-order valence-electron chi connectivity index (χ4n) is 3.41. The van der Waals surface area contributed by atoms with Crippen molar-refractivity contribution < 1.29 is 23.8 Å². The minimum absolute atomic E-state index is 0.0561. The second kappa shape index (κ2) is 8.84. The Bertz CT molecular complexity index is 1290. The van der Waals surface area contributed by atoms with E-state index in [0.717, 1.165) is 11.8 Å². The lowest BCUT2D eigenvalue weighted by atomic mass is 10.1. The van der Waals surface area contributed by atoms with E-state index < -0.39 is 23.9 Å². The van der Waals surface area contributed by atoms with Crippen LogP contribution < -0.4 is 5.32 Å². The average molecular weight is 434 g/mol. The average Bonchev–Trinajstić information content (AvgIpc) is 3.18. The molecule has 1 aromatic carbocycles. The van der Waals surface area contributed by atoms with Crippen molar-refractivity contribution in [2.45, 2.75) is 19.6 Å². The third-order valence-corrected chi connectivity index (χ3v) is 4.83. The van der Waals surface area contributed by atoms with Crippen LogP contribution in [0.2, 0.25) is 0 Å². The van der Waals surface area contributed by atoms with Crippen LogP contribution in [-0.2, 0) is 11.3 Å². The van der Waals surface area contributed by atoms with E-state index in [1.54, 1.807) is 19.1 Å². The van der Waals surface area contributed by atoms with Gasteiger partial charge in [-0.1, -0.05) is 36.4 Å². The molecule has 0 aliphatic carbocycles. The van der Waals surface area contributed by atoms with Crippen LogP contribution in [0.15, 0.2) is 67.0 Å². The first-order valence-electron chi connectivity index (χ1n) is 9.77. The van der Waals surface area contributed by atoms with Crippen molar-refractivity contribution in [3.8, 4) is 11.3 Å². The number of carboxylic acid groups (broad SMARTS) is 1. The van der Waals surface area contributed by atoms with E-state index in [4.69, 9.17) is 4.74 Å². The molecule has 0 fully saturated rings. The highest BCUT2D eigenvalue weighted by Crippen LogP contribution is 2.30. The summed E-state index contributed by atoms with van der Waals surface area (Å²) in [6.45, 7) is 1.77. The Kier molecular flexibility index (Phi) is 5.80. The van der Waals surface area contributed by atoms with Gasteiger partial charge in [-0.25, -0.2) is 19.0 Å². The van der Waals surface area contributed by atoms with Crippen molar-refractivity contribution in [3.63, 3.8) is 0 Å². The van der Waals surface area contributed by atoms with E-state index in [1.807, 2.05) is 30.3 Å². The summed E-state index contributed by atoms with van der Waals surface area (Å²) >= 11 is 0. The lowest BCUT2D eigenvalue weighted by Crippen LogP contribution is -2.28. The Labute approximate surface area is 182 Å². The quantitative estimate of drug-likeness (QED) is 0.471. The summed E-state index contributed by atoms with van der Waals surface area (Å²) in [5, 5.41) is 12.4. The fourth-order valence-corrected chi connectivity index (χ4v) is 3.41. The number of nitrogens with one attached hydrogen (secondary N) is 1. The van der Waals surface area contributed by atoms with E-state index in [2.05, 4.69) is 15.3 Å². The number of hydrogen-bond acceptors (Lipinski definition) is 5. The van der Waals surface area contributed by atoms with Crippen LogP contribution in [0.3, 0.4) is 0 Å². The van der Waals surface area contributed by atoms with Gasteiger partial charge in [0.25, 0.3) is 0 Å². The molecule has 1 amide bonds. The predicted molar refractivity (Wildman–Crippen MR) is 114 cm³/mol. The predicted octanol–water partition coefficient (Wildman–Crippen LogP) is 4.22. The SMILES string of the molecule is CC(NC(=O)OCc1ccccc1)c1nc2cccc(C(=O)O)n2c1-c1cncc(F)c1. The van der Waals surface area contributed by atoms with Gasteiger partial charge >= 0.3 is 12.1 Å². The minimum Gasteiger partial charge on any atom is -0.477 e. The minimum atomic E-state index is -1.17. The molecule has 0 spiro atoms. The standard InChI is InChI=1S/C23H19FN4O4/c1-14(26-23(31)32-13-15-6-3-2-4-7-15)20-21(16-10-17(24)12-25-11-16)28-18(22(29)30)8-5-9-19(28)27-20/h2-12,14H,13H2,1H3,(H,26,31)(H,29,30). The molecule has 4 aromatic rings. The highest BCUT2D eigenvalue weighted by Gasteiger charge is 2.24. The van der Waals surface area contributed by atoms with Crippen molar-refractivity contribution >= 4 is 17.7 Å². The van der Waals surface area contributed by atoms with Crippen LogP contribution in [-0.4, -0.2) is 31.5 Å². The number of halogens is 1. The van der Waals surface area contributed by atoms with Crippen molar-refractivity contribution in [2.24, 2.45) is 0 Å². The Morgan fingerprint density at radius 2 is 1.94 bits per heavy atom. The van der Waals surface area contributed by atoms with Gasteiger partial charge in [-0.15, -0.1) is 0 Å². The number of carboxylic acids is 1. The topological polar surface area (TPSA) is 106 Å². The Hall–Kier alpha value is -4.27. The number of imidazole rings is 1. The number of amides is 1. The summed E-state index contributed by atoms with van der Waals surface area (Å²) in [5.74, 6) is -1.76. The molecule has 162 valence electrons. The van der Waals surface area contributed by atoms with Gasteiger partial charge in [-0.2, -0.15) is 0 Å². The molecule has 4 rings (SSSR count). The number of aromatic carboxylic acids is 1. The van der Waals surface area contributed by atoms with E-state index >= 15 is 0 Å². The van der Waals surface area contributed by atoms with Gasteiger partial charge in [0.05, 0.1) is 23.6 Å². The summed E-state index contributed by atoms with van der Waals surface area (Å²) in [6.07, 6.45) is 1.79. The van der Waals surface area contributed by atoms with Crippen LogP contribution in [0.4, 0.5) is 9.18 Å². The van der Waals surface area contributed by atoms with Crippen LogP contribution in [0.5, 0.6) is 0 Å². The maximum Gasteiger partial charge on any atom is 0.407 e. The molecule has 0 radical (unpaired) electrons. The highest BCUT2D eigenvalue weighted by molar-refractivity contribution is 5.88. The summed E-state index contributed by atoms with van der Waals surface area (Å²) < 4.78 is 20.6. The third kappa shape index (κ3) is 4.27. The molecule has 3 aromatic heterocycles. The molecule has 1 unspecified atom stereocenters. The molecular formula is C23H19FN4O4. The lowest BCUT2D eigenvalue weighted by molar-refractivity contribution is 0.0689. The first-order chi connectivity index (χ1) is 15.4. The number of ether oxygens (including phenoxy) is 1. The molecule has 9 heteroatoms. The van der Waals surface area contributed by atoms with E-state index in [0.29, 0.717) is 22.6 Å². The van der Waals surface area contributed by atoms with Crippen molar-refractivity contribution in [2.75, 3.05) is 0 Å². The van der Waals surface area contributed by atoms with Crippen molar-refractivity contribution in [1.82, 2.24) is 19.7 Å². The molecule has 0 aliphatic heterocycles. The monoisotopic (exact) mass is 434 g/mol. The summed E-state index contributed by atoms with van der Waals surface area (Å²) in [5.41, 5.74) is 2.11. The molecule has 1 atom stereocenters. The maximum absolute atomic E-state index is 13.9. The first kappa shape index (κ1) is 21.0. The zero-order valence-electron chi connectivity index (χ0n) is 17.0. The number of benzene rings is 1. The highest BCUT2D eigenvalue weighted by atomic mass is 19.1. The molecule has 8 nitrogen and oxygen atoms in total. The van der Waals surface area contributed by atoms with Gasteiger partial charge in [-0.3, -0.25) is 9.38 Å². The van der Waals surface area contributed by atoms with Gasteiger partial charge in [0.2, 0.25) is 0 Å². The van der Waals surface area contributed by atoms with Crippen LogP contribution in [0, 0.1) is 5.82 Å². The number of carbonyl (C=O) groups excluding carboxylic acids is 1. The lowest BCUT2D eigenvalue weighted by Gasteiger charge is -2.15. The van der Waals surface area contributed by atoms with E-state index in [9.17, 15) is 19.1 Å². The second-order valence-electron chi connectivity index (χ2n) is 7.08. The van der Waals surface area contributed by atoms with Gasteiger partial charge in [0.15, 0.2) is 0 Å². The van der Waals surface area contributed by atoms with Gasteiger partial charge in [0.1, 0.15) is 23.8 Å².